The number of aromatic amines is 1. The van der Waals surface area contributed by atoms with Gasteiger partial charge in [0.1, 0.15) is 6.23 Å². The van der Waals surface area contributed by atoms with Crippen molar-refractivity contribution in [2.24, 2.45) is 5.41 Å². The Morgan fingerprint density at radius 1 is 1.29 bits per heavy atom. The van der Waals surface area contributed by atoms with Crippen molar-refractivity contribution < 1.29 is 18.6 Å². The van der Waals surface area contributed by atoms with Gasteiger partial charge in [-0.15, -0.1) is 0 Å². The first-order valence-electron chi connectivity index (χ1n) is 12.3. The zero-order chi connectivity index (χ0) is 26.5. The molecule has 1 aromatic rings. The predicted octanol–water partition coefficient (Wildman–Crippen LogP) is 4.60. The molecule has 1 aliphatic rings. The summed E-state index contributed by atoms with van der Waals surface area (Å²) in [6.45, 7) is 18.2. The molecule has 2 heterocycles. The van der Waals surface area contributed by atoms with Crippen LogP contribution in [0.25, 0.3) is 0 Å². The van der Waals surface area contributed by atoms with E-state index < -0.39 is 31.4 Å². The van der Waals surface area contributed by atoms with E-state index in [2.05, 4.69) is 37.3 Å². The van der Waals surface area contributed by atoms with Crippen LogP contribution in [0.1, 0.15) is 80.0 Å². The summed E-state index contributed by atoms with van der Waals surface area (Å²) in [4.78, 5) is 38.8. The smallest absolute Gasteiger partial charge is 0.330 e. The minimum absolute atomic E-state index is 0.135. The fourth-order valence-electron chi connectivity index (χ4n) is 3.85. The Hall–Kier alpha value is -1.03. The summed E-state index contributed by atoms with van der Waals surface area (Å²) in [6, 6.07) is 0.375. The Morgan fingerprint density at radius 3 is 2.46 bits per heavy atom. The number of H-pyrrole nitrogens is 1. The summed E-state index contributed by atoms with van der Waals surface area (Å²) in [5, 5.41) is 0.135. The van der Waals surface area contributed by atoms with E-state index in [-0.39, 0.29) is 29.4 Å². The number of aromatic nitrogens is 2. The highest BCUT2D eigenvalue weighted by Gasteiger charge is 2.40. The molecule has 0 spiro atoms. The maximum absolute atomic E-state index is 12.4. The van der Waals surface area contributed by atoms with Crippen LogP contribution in [0.2, 0.25) is 0 Å². The van der Waals surface area contributed by atoms with Crippen LogP contribution in [-0.4, -0.2) is 56.0 Å². The lowest BCUT2D eigenvalue weighted by Gasteiger charge is -2.37. The van der Waals surface area contributed by atoms with Crippen molar-refractivity contribution in [2.75, 3.05) is 12.4 Å². The van der Waals surface area contributed by atoms with Crippen LogP contribution < -0.4 is 11.2 Å². The van der Waals surface area contributed by atoms with Crippen molar-refractivity contribution in [3.63, 3.8) is 0 Å². The Kier molecular flexibility index (Phi) is 11.2. The molecular weight excluding hydrogens is 489 g/mol. The molecule has 2 rings (SSSR count). The number of rotatable bonds is 11. The van der Waals surface area contributed by atoms with Gasteiger partial charge in [0.25, 0.3) is 14.1 Å². The average Bonchev–Trinajstić information content (AvgIpc) is 3.14. The van der Waals surface area contributed by atoms with Crippen LogP contribution in [0.5, 0.6) is 0 Å². The molecule has 0 radical (unpaired) electrons. The third kappa shape index (κ3) is 8.23. The van der Waals surface area contributed by atoms with Gasteiger partial charge in [0, 0.05) is 41.4 Å². The first-order chi connectivity index (χ1) is 16.3. The first-order valence-corrected chi connectivity index (χ1v) is 14.4. The van der Waals surface area contributed by atoms with E-state index in [9.17, 15) is 14.4 Å². The SMILES string of the molecule is CC[C@H]1O[C@@H](n2cc(C)c(=O)[nH]c2=O)CC1OP(OCCSC(=O)C(C)(C)C)N(C(C)C)C(C)C. The van der Waals surface area contributed by atoms with E-state index in [4.69, 9.17) is 13.8 Å². The Bertz CT molecular complexity index is 950. The molecule has 1 N–H and O–H groups in total. The zero-order valence-corrected chi connectivity index (χ0v) is 24.2. The molecule has 9 nitrogen and oxygen atoms in total. The minimum atomic E-state index is -1.43. The molecule has 0 saturated carbocycles. The second kappa shape index (κ2) is 13.0. The van der Waals surface area contributed by atoms with E-state index in [1.54, 1.807) is 6.92 Å². The van der Waals surface area contributed by atoms with Crippen LogP contribution in [-0.2, 0) is 18.6 Å². The molecule has 1 aliphatic heterocycles. The molecular formula is C24H42N3O6PS. The molecule has 11 heteroatoms. The molecule has 0 aliphatic carbocycles. The van der Waals surface area contributed by atoms with Gasteiger partial charge in [-0.05, 0) is 41.0 Å². The molecule has 0 bridgehead atoms. The van der Waals surface area contributed by atoms with Gasteiger partial charge in [-0.3, -0.25) is 19.1 Å². The number of hydrogen-bond donors (Lipinski definition) is 1. The van der Waals surface area contributed by atoms with E-state index in [1.807, 2.05) is 27.7 Å². The number of nitrogens with zero attached hydrogens (tertiary/aromatic N) is 2. The monoisotopic (exact) mass is 531 g/mol. The quantitative estimate of drug-likeness (QED) is 0.327. The molecule has 1 saturated heterocycles. The molecule has 2 unspecified atom stereocenters. The second-order valence-corrected chi connectivity index (χ2v) is 12.9. The molecule has 4 atom stereocenters. The average molecular weight is 532 g/mol. The lowest BCUT2D eigenvalue weighted by molar-refractivity contribution is -0.117. The van der Waals surface area contributed by atoms with Gasteiger partial charge in [0.2, 0.25) is 0 Å². The maximum atomic E-state index is 12.4. The topological polar surface area (TPSA) is 103 Å². The molecule has 1 fully saturated rings. The fraction of sp³-hybridized carbons (Fsp3) is 0.792. The van der Waals surface area contributed by atoms with Gasteiger partial charge < -0.3 is 13.8 Å². The van der Waals surface area contributed by atoms with Crippen LogP contribution >= 0.6 is 20.3 Å². The number of thioether (sulfide) groups is 1. The summed E-state index contributed by atoms with van der Waals surface area (Å²) in [6.07, 6.45) is 1.69. The largest absolute Gasteiger partial charge is 0.352 e. The lowest BCUT2D eigenvalue weighted by atomic mass is 10.00. The van der Waals surface area contributed by atoms with E-state index in [1.165, 1.54) is 22.5 Å². The van der Waals surface area contributed by atoms with Crippen molar-refractivity contribution in [3.8, 4) is 0 Å². The number of carbonyl (C=O) groups is 1. The van der Waals surface area contributed by atoms with Crippen LogP contribution in [0.4, 0.5) is 0 Å². The van der Waals surface area contributed by atoms with Gasteiger partial charge >= 0.3 is 5.69 Å². The maximum Gasteiger partial charge on any atom is 0.330 e. The van der Waals surface area contributed by atoms with Gasteiger partial charge in [-0.2, -0.15) is 0 Å². The second-order valence-electron chi connectivity index (χ2n) is 10.4. The molecule has 35 heavy (non-hydrogen) atoms. The van der Waals surface area contributed by atoms with Gasteiger partial charge in [-0.1, -0.05) is 39.5 Å². The first kappa shape index (κ1) is 30.2. The van der Waals surface area contributed by atoms with Gasteiger partial charge in [0.15, 0.2) is 5.12 Å². The lowest BCUT2D eigenvalue weighted by Crippen LogP contribution is -2.36. The standard InChI is InChI=1S/C24H42N3O6PS/c1-10-18-19(13-20(32-18)26-14-17(6)21(28)25-23(26)30)33-34(27(15(2)3)16(4)5)31-11-12-35-22(29)24(7,8)9/h14-16,18-20H,10-13H2,1-9H3,(H,25,28,30)/t18-,19?,20-,34?/m1/s1. The van der Waals surface area contributed by atoms with Crippen LogP contribution in [0.3, 0.4) is 0 Å². The van der Waals surface area contributed by atoms with Crippen molar-refractivity contribution in [2.45, 2.75) is 106 Å². The Balaban J connectivity index is 2.17. The van der Waals surface area contributed by atoms with Crippen molar-refractivity contribution in [1.29, 1.82) is 0 Å². The summed E-state index contributed by atoms with van der Waals surface area (Å²) in [7, 11) is -1.43. The summed E-state index contributed by atoms with van der Waals surface area (Å²) in [5.41, 5.74) is -0.833. The normalized spacial score (nSPS) is 21.9. The zero-order valence-electron chi connectivity index (χ0n) is 22.5. The van der Waals surface area contributed by atoms with Gasteiger partial charge in [0.05, 0.1) is 18.8 Å². The Labute approximate surface area is 214 Å². The van der Waals surface area contributed by atoms with E-state index in [0.717, 1.165) is 0 Å². The van der Waals surface area contributed by atoms with E-state index in [0.29, 0.717) is 30.8 Å². The van der Waals surface area contributed by atoms with Crippen LogP contribution in [0.15, 0.2) is 15.8 Å². The van der Waals surface area contributed by atoms with Crippen molar-refractivity contribution in [3.05, 3.63) is 32.6 Å². The third-order valence-electron chi connectivity index (χ3n) is 5.64. The molecule has 200 valence electrons. The number of hydrogen-bond acceptors (Lipinski definition) is 8. The molecule has 0 aromatic carbocycles. The number of aryl methyl sites for hydroxylation is 1. The molecule has 0 amide bonds. The highest BCUT2D eigenvalue weighted by Crippen LogP contribution is 2.50. The van der Waals surface area contributed by atoms with Gasteiger partial charge in [-0.25, -0.2) is 9.46 Å². The van der Waals surface area contributed by atoms with E-state index >= 15 is 0 Å². The van der Waals surface area contributed by atoms with Crippen LogP contribution in [0, 0.1) is 12.3 Å². The fourth-order valence-corrected chi connectivity index (χ4v) is 6.52. The highest BCUT2D eigenvalue weighted by molar-refractivity contribution is 8.13. The number of ether oxygens (including phenoxy) is 1. The third-order valence-corrected chi connectivity index (χ3v) is 9.04. The molecule has 1 aromatic heterocycles. The number of carbonyl (C=O) groups excluding carboxylic acids is 1. The summed E-state index contributed by atoms with van der Waals surface area (Å²) >= 11 is 1.28. The summed E-state index contributed by atoms with van der Waals surface area (Å²) in [5.74, 6) is 0.551. The Morgan fingerprint density at radius 2 is 1.91 bits per heavy atom. The number of nitrogens with one attached hydrogen (secondary N) is 1. The van der Waals surface area contributed by atoms with Crippen molar-refractivity contribution >= 4 is 25.4 Å². The minimum Gasteiger partial charge on any atom is -0.352 e. The summed E-state index contributed by atoms with van der Waals surface area (Å²) < 4.78 is 22.7. The van der Waals surface area contributed by atoms with Crippen molar-refractivity contribution in [1.82, 2.24) is 14.2 Å². The highest BCUT2D eigenvalue weighted by atomic mass is 32.2. The predicted molar refractivity (Wildman–Crippen MR) is 142 cm³/mol.